The van der Waals surface area contributed by atoms with E-state index in [9.17, 15) is 9.59 Å². The summed E-state index contributed by atoms with van der Waals surface area (Å²) in [6.07, 6.45) is 1.78. The van der Waals surface area contributed by atoms with Crippen LogP contribution in [0.1, 0.15) is 35.2 Å². The smallest absolute Gasteiger partial charge is 0.317 e. The zero-order valence-electron chi connectivity index (χ0n) is 12.1. The molecule has 1 fully saturated rings. The topological polar surface area (TPSA) is 66.8 Å². The summed E-state index contributed by atoms with van der Waals surface area (Å²) in [5.41, 5.74) is 1.29. The molecule has 5 heteroatoms. The van der Waals surface area contributed by atoms with E-state index in [1.54, 1.807) is 0 Å². The summed E-state index contributed by atoms with van der Waals surface area (Å²) >= 11 is 0. The number of hydrogen-bond donors (Lipinski definition) is 1. The Bertz CT molecular complexity index is 588. The van der Waals surface area contributed by atoms with Gasteiger partial charge in [-0.3, -0.25) is 14.5 Å². The number of nitrogens with zero attached hydrogens (tertiary/aromatic N) is 1. The molecule has 1 aromatic carbocycles. The van der Waals surface area contributed by atoms with Gasteiger partial charge in [-0.05, 0) is 24.6 Å². The number of rotatable bonds is 2. The van der Waals surface area contributed by atoms with Crippen molar-refractivity contribution in [3.63, 3.8) is 0 Å². The molecule has 0 unspecified atom stereocenters. The number of carboxylic acids is 1. The third kappa shape index (κ3) is 2.78. The Labute approximate surface area is 123 Å². The molecule has 3 rings (SSSR count). The first kappa shape index (κ1) is 14.1. The highest BCUT2D eigenvalue weighted by atomic mass is 16.5. The summed E-state index contributed by atoms with van der Waals surface area (Å²) in [6, 6.07) is 5.67. The zero-order valence-corrected chi connectivity index (χ0v) is 12.1. The molecule has 0 saturated carbocycles. The number of carbonyl (C=O) groups is 2. The predicted molar refractivity (Wildman–Crippen MR) is 76.8 cm³/mol. The molecule has 0 aliphatic carbocycles. The van der Waals surface area contributed by atoms with E-state index in [1.165, 1.54) is 0 Å². The van der Waals surface area contributed by atoms with E-state index in [4.69, 9.17) is 9.84 Å². The maximum atomic E-state index is 12.3. The molecule has 0 atom stereocenters. The van der Waals surface area contributed by atoms with Crippen LogP contribution in [0.25, 0.3) is 0 Å². The van der Waals surface area contributed by atoms with Crippen LogP contribution in [-0.4, -0.2) is 47.0 Å². The summed E-state index contributed by atoms with van der Waals surface area (Å²) in [5.74, 6) is -0.00608. The first-order chi connectivity index (χ1) is 9.97. The number of ether oxygens (including phenoxy) is 1. The van der Waals surface area contributed by atoms with Crippen molar-refractivity contribution in [3.8, 4) is 5.75 Å². The van der Waals surface area contributed by atoms with Gasteiger partial charge in [-0.2, -0.15) is 0 Å². The Morgan fingerprint density at radius 3 is 2.76 bits per heavy atom. The molecule has 1 saturated heterocycles. The lowest BCUT2D eigenvalue weighted by Gasteiger charge is -2.43. The molecule has 0 bridgehead atoms. The highest BCUT2D eigenvalue weighted by Gasteiger charge is 2.43. The summed E-state index contributed by atoms with van der Waals surface area (Å²) in [6.45, 7) is 3.34. The Kier molecular flexibility index (Phi) is 3.45. The van der Waals surface area contributed by atoms with Crippen molar-refractivity contribution in [2.75, 3.05) is 19.6 Å². The van der Waals surface area contributed by atoms with Crippen molar-refractivity contribution in [2.24, 2.45) is 0 Å². The number of aliphatic carboxylic acids is 1. The van der Waals surface area contributed by atoms with Gasteiger partial charge in [0.25, 0.3) is 0 Å². The van der Waals surface area contributed by atoms with Gasteiger partial charge in [0.2, 0.25) is 0 Å². The maximum Gasteiger partial charge on any atom is 0.317 e. The van der Waals surface area contributed by atoms with Crippen LogP contribution in [0.15, 0.2) is 18.2 Å². The highest BCUT2D eigenvalue weighted by Crippen LogP contribution is 2.39. The fourth-order valence-electron chi connectivity index (χ4n) is 3.19. The molecule has 5 nitrogen and oxygen atoms in total. The quantitative estimate of drug-likeness (QED) is 0.900. The molecule has 2 aliphatic rings. The van der Waals surface area contributed by atoms with Crippen LogP contribution in [-0.2, 0) is 4.79 Å². The van der Waals surface area contributed by atoms with Crippen molar-refractivity contribution in [1.29, 1.82) is 0 Å². The Morgan fingerprint density at radius 2 is 2.10 bits per heavy atom. The van der Waals surface area contributed by atoms with Crippen LogP contribution in [0, 0.1) is 6.92 Å². The lowest BCUT2D eigenvalue weighted by atomic mass is 9.82. The minimum absolute atomic E-state index is 0.0553. The molecular formula is C16H19NO4. The van der Waals surface area contributed by atoms with Crippen LogP contribution in [0.3, 0.4) is 0 Å². The van der Waals surface area contributed by atoms with Gasteiger partial charge < -0.3 is 9.84 Å². The van der Waals surface area contributed by atoms with Crippen molar-refractivity contribution in [3.05, 3.63) is 29.3 Å². The molecule has 112 valence electrons. The maximum absolute atomic E-state index is 12.3. The molecule has 1 N–H and O–H groups in total. The van der Waals surface area contributed by atoms with Crippen LogP contribution in [0.4, 0.5) is 0 Å². The molecule has 0 radical (unpaired) electrons. The van der Waals surface area contributed by atoms with E-state index < -0.39 is 11.6 Å². The number of piperidine rings is 1. The zero-order chi connectivity index (χ0) is 15.0. The van der Waals surface area contributed by atoms with E-state index >= 15 is 0 Å². The Hall–Kier alpha value is -1.88. The van der Waals surface area contributed by atoms with Gasteiger partial charge in [-0.25, -0.2) is 0 Å². The largest absolute Gasteiger partial charge is 0.486 e. The third-order valence-corrected chi connectivity index (χ3v) is 4.37. The van der Waals surface area contributed by atoms with Crippen LogP contribution in [0.2, 0.25) is 0 Å². The number of likely N-dealkylation sites (tertiary alicyclic amines) is 1. The number of aryl methyl sites for hydroxylation is 1. The lowest BCUT2D eigenvalue weighted by Crippen LogP contribution is -2.51. The summed E-state index contributed by atoms with van der Waals surface area (Å²) in [5, 5.41) is 8.84. The molecule has 2 aliphatic heterocycles. The van der Waals surface area contributed by atoms with Gasteiger partial charge in [0.1, 0.15) is 11.4 Å². The van der Waals surface area contributed by atoms with E-state index in [0.717, 1.165) is 5.56 Å². The highest BCUT2D eigenvalue weighted by molar-refractivity contribution is 6.00. The fourth-order valence-corrected chi connectivity index (χ4v) is 3.19. The van der Waals surface area contributed by atoms with Gasteiger partial charge in [-0.15, -0.1) is 0 Å². The normalized spacial score (nSPS) is 20.9. The number of Topliss-reactive ketones (excluding diaryl/α,β-unsaturated/α-hetero) is 1. The lowest BCUT2D eigenvalue weighted by molar-refractivity contribution is -0.139. The van der Waals surface area contributed by atoms with Crippen molar-refractivity contribution < 1.29 is 19.4 Å². The van der Waals surface area contributed by atoms with E-state index in [2.05, 4.69) is 0 Å². The number of ketones is 1. The molecular weight excluding hydrogens is 270 g/mol. The number of fused-ring (bicyclic) bond motifs is 1. The van der Waals surface area contributed by atoms with E-state index in [0.29, 0.717) is 43.7 Å². The Balaban J connectivity index is 1.77. The van der Waals surface area contributed by atoms with Crippen LogP contribution >= 0.6 is 0 Å². The number of carbonyl (C=O) groups excluding carboxylic acids is 1. The minimum atomic E-state index is -0.812. The predicted octanol–water partition coefficient (Wildman–Crippen LogP) is 1.88. The fraction of sp³-hybridized carbons (Fsp3) is 0.500. The monoisotopic (exact) mass is 289 g/mol. The van der Waals surface area contributed by atoms with Gasteiger partial charge in [0, 0.05) is 25.9 Å². The van der Waals surface area contributed by atoms with E-state index in [1.807, 2.05) is 30.0 Å². The second-order valence-corrected chi connectivity index (χ2v) is 6.05. The summed E-state index contributed by atoms with van der Waals surface area (Å²) in [7, 11) is 0. The molecule has 0 aromatic heterocycles. The first-order valence-corrected chi connectivity index (χ1v) is 7.24. The second kappa shape index (κ2) is 5.15. The third-order valence-electron chi connectivity index (χ3n) is 4.37. The second-order valence-electron chi connectivity index (χ2n) is 6.05. The summed E-state index contributed by atoms with van der Waals surface area (Å²) in [4.78, 5) is 25.0. The minimum Gasteiger partial charge on any atom is -0.486 e. The van der Waals surface area contributed by atoms with Gasteiger partial charge in [-0.1, -0.05) is 6.07 Å². The SMILES string of the molecule is Cc1ccc2c(c1)OC1(CCN(CC(=O)O)CC1)CC2=O. The number of hydrogen-bond acceptors (Lipinski definition) is 4. The average molecular weight is 289 g/mol. The van der Waals surface area contributed by atoms with Crippen molar-refractivity contribution in [2.45, 2.75) is 31.8 Å². The van der Waals surface area contributed by atoms with Crippen molar-refractivity contribution >= 4 is 11.8 Å². The molecule has 0 amide bonds. The van der Waals surface area contributed by atoms with Crippen LogP contribution < -0.4 is 4.74 Å². The van der Waals surface area contributed by atoms with Gasteiger partial charge in [0.05, 0.1) is 18.5 Å². The number of carboxylic acid groups (broad SMARTS) is 1. The molecule has 1 spiro atoms. The average Bonchev–Trinajstić information content (AvgIpc) is 2.40. The molecule has 2 heterocycles. The molecule has 21 heavy (non-hydrogen) atoms. The van der Waals surface area contributed by atoms with Crippen molar-refractivity contribution in [1.82, 2.24) is 4.90 Å². The van der Waals surface area contributed by atoms with Crippen LogP contribution in [0.5, 0.6) is 5.75 Å². The molecule has 1 aromatic rings. The number of benzene rings is 1. The van der Waals surface area contributed by atoms with Gasteiger partial charge >= 0.3 is 5.97 Å². The van der Waals surface area contributed by atoms with E-state index in [-0.39, 0.29) is 12.3 Å². The van der Waals surface area contributed by atoms with Gasteiger partial charge in [0.15, 0.2) is 5.78 Å². The Morgan fingerprint density at radius 1 is 1.38 bits per heavy atom. The first-order valence-electron chi connectivity index (χ1n) is 7.24. The standard InChI is InChI=1S/C16H19NO4/c1-11-2-3-12-13(18)9-16(21-14(12)8-11)4-6-17(7-5-16)10-15(19)20/h2-3,8H,4-7,9-10H2,1H3,(H,19,20). The summed E-state index contributed by atoms with van der Waals surface area (Å²) < 4.78 is 6.17.